The lowest BCUT2D eigenvalue weighted by Gasteiger charge is -2.35. The molecule has 29 heavy (non-hydrogen) atoms. The summed E-state index contributed by atoms with van der Waals surface area (Å²) in [6, 6.07) is 9.72. The highest BCUT2D eigenvalue weighted by Gasteiger charge is 2.23. The molecule has 0 aliphatic carbocycles. The van der Waals surface area contributed by atoms with Crippen LogP contribution >= 0.6 is 11.3 Å². The summed E-state index contributed by atoms with van der Waals surface area (Å²) in [6.45, 7) is 4.85. The average Bonchev–Trinajstić information content (AvgIpc) is 3.26. The first-order chi connectivity index (χ1) is 14.2. The zero-order valence-corrected chi connectivity index (χ0v) is 17.3. The van der Waals surface area contributed by atoms with E-state index in [1.807, 2.05) is 40.6 Å². The van der Waals surface area contributed by atoms with Gasteiger partial charge < -0.3 is 9.80 Å². The molecule has 150 valence electrons. The summed E-state index contributed by atoms with van der Waals surface area (Å²) in [4.78, 5) is 38.8. The predicted octanol–water partition coefficient (Wildman–Crippen LogP) is 3.57. The Morgan fingerprint density at radius 1 is 1.00 bits per heavy atom. The number of carbonyl (C=O) groups excluding carboxylic acids is 2. The number of hydrogen-bond donors (Lipinski definition) is 0. The average molecular weight is 409 g/mol. The molecule has 1 aromatic carbocycles. The normalized spacial score (nSPS) is 14.4. The Morgan fingerprint density at radius 3 is 2.48 bits per heavy atom. The van der Waals surface area contributed by atoms with Crippen molar-refractivity contribution in [3.63, 3.8) is 0 Å². The van der Waals surface area contributed by atoms with Gasteiger partial charge in [-0.3, -0.25) is 9.59 Å². The molecule has 0 N–H and O–H groups in total. The van der Waals surface area contributed by atoms with Gasteiger partial charge in [-0.2, -0.15) is 0 Å². The molecule has 0 saturated carbocycles. The minimum Gasteiger partial charge on any atom is -0.352 e. The number of Topliss-reactive ketones (excluding diaryl/α,β-unsaturated/α-hetero) is 1. The number of amides is 1. The summed E-state index contributed by atoms with van der Waals surface area (Å²) in [5.41, 5.74) is 1.89. The van der Waals surface area contributed by atoms with Gasteiger partial charge in [-0.05, 0) is 23.4 Å². The largest absolute Gasteiger partial charge is 0.352 e. The van der Waals surface area contributed by atoms with E-state index in [1.165, 1.54) is 5.56 Å². The van der Waals surface area contributed by atoms with Gasteiger partial charge in [0, 0.05) is 44.6 Å². The zero-order chi connectivity index (χ0) is 20.2. The van der Waals surface area contributed by atoms with Crippen LogP contribution in [0.4, 0.5) is 5.82 Å². The molecule has 2 aromatic heterocycles. The molecule has 3 heterocycles. The molecule has 1 aliphatic rings. The van der Waals surface area contributed by atoms with Crippen molar-refractivity contribution >= 4 is 39.1 Å². The van der Waals surface area contributed by atoms with E-state index in [9.17, 15) is 9.59 Å². The second-order valence-corrected chi connectivity index (χ2v) is 8.07. The fourth-order valence-electron chi connectivity index (χ4n) is 3.65. The van der Waals surface area contributed by atoms with Crippen LogP contribution < -0.4 is 4.90 Å². The van der Waals surface area contributed by atoms with Gasteiger partial charge in [0.25, 0.3) is 0 Å². The van der Waals surface area contributed by atoms with Crippen molar-refractivity contribution in [1.29, 1.82) is 0 Å². The van der Waals surface area contributed by atoms with E-state index >= 15 is 0 Å². The molecule has 0 atom stereocenters. The van der Waals surface area contributed by atoms with E-state index in [-0.39, 0.29) is 24.5 Å². The number of carbonyl (C=O) groups is 2. The summed E-state index contributed by atoms with van der Waals surface area (Å²) in [7, 11) is 0. The lowest BCUT2D eigenvalue weighted by atomic mass is 10.0. The van der Waals surface area contributed by atoms with Crippen molar-refractivity contribution < 1.29 is 9.59 Å². The van der Waals surface area contributed by atoms with Crippen molar-refractivity contribution in [3.05, 3.63) is 53.2 Å². The Kier molecular flexibility index (Phi) is 5.85. The fourth-order valence-corrected chi connectivity index (χ4v) is 4.37. The maximum absolute atomic E-state index is 12.6. The highest BCUT2D eigenvalue weighted by molar-refractivity contribution is 7.16. The molecule has 0 spiro atoms. The highest BCUT2D eigenvalue weighted by atomic mass is 32.1. The number of thiophene rings is 1. The molecule has 1 saturated heterocycles. The lowest BCUT2D eigenvalue weighted by molar-refractivity contribution is -0.131. The number of ketones is 1. The lowest BCUT2D eigenvalue weighted by Crippen LogP contribution is -2.49. The Hall–Kier alpha value is -2.80. The van der Waals surface area contributed by atoms with Crippen LogP contribution in [0, 0.1) is 0 Å². The van der Waals surface area contributed by atoms with Gasteiger partial charge in [0.2, 0.25) is 5.91 Å². The molecule has 1 amide bonds. The Morgan fingerprint density at radius 2 is 1.76 bits per heavy atom. The predicted molar refractivity (Wildman–Crippen MR) is 116 cm³/mol. The molecule has 7 heteroatoms. The van der Waals surface area contributed by atoms with Crippen LogP contribution in [0.5, 0.6) is 0 Å². The first kappa shape index (κ1) is 19.5. The van der Waals surface area contributed by atoms with Gasteiger partial charge >= 0.3 is 0 Å². The van der Waals surface area contributed by atoms with Gasteiger partial charge in [0.05, 0.1) is 5.39 Å². The standard InChI is InChI=1S/C22H24N4O2S/c1-2-16-3-5-17(6-4-16)19(27)7-8-20(28)25-10-12-26(13-11-25)21-18-9-14-29-22(18)24-15-23-21/h3-6,9,14-15H,2,7-8,10-13H2,1H3. The van der Waals surface area contributed by atoms with Crippen molar-refractivity contribution in [2.75, 3.05) is 31.1 Å². The molecule has 1 aliphatic heterocycles. The van der Waals surface area contributed by atoms with Crippen LogP contribution in [0.15, 0.2) is 42.0 Å². The SMILES string of the molecule is CCc1ccc(C(=O)CCC(=O)N2CCN(c3ncnc4sccc34)CC2)cc1. The molecule has 0 radical (unpaired) electrons. The topological polar surface area (TPSA) is 66.4 Å². The Balaban J connectivity index is 1.30. The van der Waals surface area contributed by atoms with Crippen molar-refractivity contribution in [3.8, 4) is 0 Å². The number of hydrogen-bond acceptors (Lipinski definition) is 6. The van der Waals surface area contributed by atoms with Crippen LogP contribution in [0.3, 0.4) is 0 Å². The quantitative estimate of drug-likeness (QED) is 0.584. The number of benzene rings is 1. The first-order valence-electron chi connectivity index (χ1n) is 9.98. The minimum atomic E-state index is 0.0282. The second kappa shape index (κ2) is 8.69. The summed E-state index contributed by atoms with van der Waals surface area (Å²) in [6.07, 6.45) is 3.07. The fraction of sp³-hybridized carbons (Fsp3) is 0.364. The number of nitrogens with zero attached hydrogens (tertiary/aromatic N) is 4. The van der Waals surface area contributed by atoms with Gasteiger partial charge in [0.1, 0.15) is 17.0 Å². The number of aryl methyl sites for hydroxylation is 1. The summed E-state index contributed by atoms with van der Waals surface area (Å²) in [5.74, 6) is 1.01. The van der Waals surface area contributed by atoms with E-state index < -0.39 is 0 Å². The minimum absolute atomic E-state index is 0.0282. The number of aromatic nitrogens is 2. The summed E-state index contributed by atoms with van der Waals surface area (Å²) >= 11 is 1.61. The summed E-state index contributed by atoms with van der Waals surface area (Å²) in [5, 5.41) is 3.09. The second-order valence-electron chi connectivity index (χ2n) is 7.18. The maximum Gasteiger partial charge on any atom is 0.223 e. The summed E-state index contributed by atoms with van der Waals surface area (Å²) < 4.78 is 0. The molecule has 1 fully saturated rings. The van der Waals surface area contributed by atoms with Crippen LogP contribution in [0.25, 0.3) is 10.2 Å². The maximum atomic E-state index is 12.6. The first-order valence-corrected chi connectivity index (χ1v) is 10.9. The van der Waals surface area contributed by atoms with Crippen molar-refractivity contribution in [2.24, 2.45) is 0 Å². The van der Waals surface area contributed by atoms with Crippen LogP contribution in [-0.2, 0) is 11.2 Å². The number of rotatable bonds is 6. The monoisotopic (exact) mass is 408 g/mol. The molecule has 6 nitrogen and oxygen atoms in total. The van der Waals surface area contributed by atoms with Crippen molar-refractivity contribution in [1.82, 2.24) is 14.9 Å². The van der Waals surface area contributed by atoms with Gasteiger partial charge in [-0.1, -0.05) is 31.2 Å². The molecule has 3 aromatic rings. The number of fused-ring (bicyclic) bond motifs is 1. The van der Waals surface area contributed by atoms with Gasteiger partial charge in [-0.25, -0.2) is 9.97 Å². The van der Waals surface area contributed by atoms with Crippen LogP contribution in [0.2, 0.25) is 0 Å². The van der Waals surface area contributed by atoms with Gasteiger partial charge in [0.15, 0.2) is 5.78 Å². The van der Waals surface area contributed by atoms with E-state index in [0.717, 1.165) is 35.5 Å². The molecular weight excluding hydrogens is 384 g/mol. The van der Waals surface area contributed by atoms with Gasteiger partial charge in [-0.15, -0.1) is 11.3 Å². The van der Waals surface area contributed by atoms with Crippen LogP contribution in [0.1, 0.15) is 35.7 Å². The highest BCUT2D eigenvalue weighted by Crippen LogP contribution is 2.27. The molecule has 4 rings (SSSR count). The van der Waals surface area contributed by atoms with E-state index in [2.05, 4.69) is 21.8 Å². The molecule has 0 bridgehead atoms. The van der Waals surface area contributed by atoms with E-state index in [1.54, 1.807) is 17.7 Å². The molecular formula is C22H24N4O2S. The number of anilines is 1. The van der Waals surface area contributed by atoms with Crippen LogP contribution in [-0.4, -0.2) is 52.7 Å². The smallest absolute Gasteiger partial charge is 0.223 e. The van der Waals surface area contributed by atoms with E-state index in [4.69, 9.17) is 0 Å². The van der Waals surface area contributed by atoms with Crippen molar-refractivity contribution in [2.45, 2.75) is 26.2 Å². The molecule has 0 unspecified atom stereocenters. The Bertz CT molecular complexity index is 1010. The third-order valence-electron chi connectivity index (χ3n) is 5.42. The number of piperazine rings is 1. The zero-order valence-electron chi connectivity index (χ0n) is 16.5. The Labute approximate surface area is 174 Å². The third kappa shape index (κ3) is 4.29. The van der Waals surface area contributed by atoms with E-state index in [0.29, 0.717) is 18.7 Å². The third-order valence-corrected chi connectivity index (χ3v) is 6.24.